The van der Waals surface area contributed by atoms with E-state index in [2.05, 4.69) is 0 Å². The average Bonchev–Trinajstić information content (AvgIpc) is 1.88. The fourth-order valence-corrected chi connectivity index (χ4v) is 1.36. The monoisotopic (exact) mass is 198 g/mol. The number of hydrogen-bond acceptors (Lipinski definition) is 2. The fraction of sp³-hybridized carbons (Fsp3) is 0. The zero-order chi connectivity index (χ0) is 7.56. The van der Waals surface area contributed by atoms with Crippen LogP contribution in [0, 0.1) is 0 Å². The Bertz CT molecular complexity index is 227. The first-order chi connectivity index (χ1) is 4.70. The Kier molecular flexibility index (Phi) is 2.55. The van der Waals surface area contributed by atoms with Gasteiger partial charge in [0.1, 0.15) is 0 Å². The molecule has 1 unspecified atom stereocenters. The molecule has 1 aromatic rings. The molecule has 0 aromatic heterocycles. The SMILES string of the molecule is OB(O)c1cccc([AsH2])c1. The molecule has 2 N–H and O–H groups in total. The fourth-order valence-electron chi connectivity index (χ4n) is 0.720. The van der Waals surface area contributed by atoms with Crippen LogP contribution in [0.4, 0.5) is 0 Å². The van der Waals surface area contributed by atoms with Crippen LogP contribution in [0.15, 0.2) is 24.3 Å². The second-order valence-electron chi connectivity index (χ2n) is 2.04. The Labute approximate surface area is 68.5 Å². The molecule has 0 aliphatic heterocycles. The van der Waals surface area contributed by atoms with Crippen molar-refractivity contribution in [2.45, 2.75) is 0 Å². The Morgan fingerprint density at radius 2 is 2.00 bits per heavy atom. The maximum atomic E-state index is 8.71. The molecule has 10 heavy (non-hydrogen) atoms. The quantitative estimate of drug-likeness (QED) is 0.495. The van der Waals surface area contributed by atoms with Gasteiger partial charge in [-0.1, -0.05) is 0 Å². The molecule has 1 aromatic carbocycles. The van der Waals surface area contributed by atoms with Crippen molar-refractivity contribution in [2.24, 2.45) is 0 Å². The summed E-state index contributed by atoms with van der Waals surface area (Å²) in [4.78, 5) is 0. The average molecular weight is 198 g/mol. The van der Waals surface area contributed by atoms with Crippen LogP contribution >= 0.6 is 0 Å². The van der Waals surface area contributed by atoms with Crippen LogP contribution in [0.5, 0.6) is 0 Å². The topological polar surface area (TPSA) is 40.5 Å². The van der Waals surface area contributed by atoms with E-state index in [9.17, 15) is 0 Å². The standard InChI is InChI=1S/C6H8AsBO2/c7-5-2-1-3-6(4-5)8(9)10/h1-4,9-10H,7H2. The van der Waals surface area contributed by atoms with Gasteiger partial charge in [0.2, 0.25) is 0 Å². The van der Waals surface area contributed by atoms with Crippen molar-refractivity contribution >= 4 is 33.8 Å². The minimum atomic E-state index is -1.34. The molecule has 0 amide bonds. The van der Waals surface area contributed by atoms with Crippen LogP contribution in [0.25, 0.3) is 0 Å². The number of benzene rings is 1. The first kappa shape index (κ1) is 7.87. The molecular formula is C6H8AsBO2. The molecule has 52 valence electrons. The summed E-state index contributed by atoms with van der Waals surface area (Å²) in [6, 6.07) is 7.20. The number of hydrogen-bond donors (Lipinski definition) is 2. The summed E-state index contributed by atoms with van der Waals surface area (Å²) in [5, 5.41) is 17.4. The van der Waals surface area contributed by atoms with Crippen LogP contribution in [0.1, 0.15) is 0 Å². The third-order valence-electron chi connectivity index (χ3n) is 1.21. The molecule has 0 heterocycles. The maximum absolute atomic E-state index is 8.71. The molecule has 0 aliphatic carbocycles. The molecule has 0 aliphatic rings. The molecule has 4 heteroatoms. The van der Waals surface area contributed by atoms with E-state index in [4.69, 9.17) is 10.0 Å². The van der Waals surface area contributed by atoms with Gasteiger partial charge in [0.15, 0.2) is 0 Å². The van der Waals surface area contributed by atoms with Crippen molar-refractivity contribution in [3.05, 3.63) is 24.3 Å². The molecule has 1 rings (SSSR count). The van der Waals surface area contributed by atoms with Crippen molar-refractivity contribution in [3.63, 3.8) is 0 Å². The third kappa shape index (κ3) is 1.87. The van der Waals surface area contributed by atoms with Crippen molar-refractivity contribution in [1.29, 1.82) is 0 Å². The Hall–Kier alpha value is -0.237. The second kappa shape index (κ2) is 3.24. The molecule has 0 spiro atoms. The van der Waals surface area contributed by atoms with Gasteiger partial charge in [-0.2, -0.15) is 0 Å². The third-order valence-corrected chi connectivity index (χ3v) is 1.96. The molecule has 0 fully saturated rings. The van der Waals surface area contributed by atoms with Gasteiger partial charge in [0.25, 0.3) is 0 Å². The zero-order valence-electron chi connectivity index (χ0n) is 5.36. The van der Waals surface area contributed by atoms with Gasteiger partial charge < -0.3 is 0 Å². The van der Waals surface area contributed by atoms with E-state index in [1.54, 1.807) is 12.1 Å². The van der Waals surface area contributed by atoms with Crippen LogP contribution in [0.2, 0.25) is 0 Å². The molecular weight excluding hydrogens is 190 g/mol. The van der Waals surface area contributed by atoms with Gasteiger partial charge >= 0.3 is 68.1 Å². The predicted octanol–water partition coefficient (Wildman–Crippen LogP) is -2.38. The summed E-state index contributed by atoms with van der Waals surface area (Å²) in [6.07, 6.45) is 0. The summed E-state index contributed by atoms with van der Waals surface area (Å²) in [7, 11) is -1.34. The number of rotatable bonds is 1. The zero-order valence-corrected chi connectivity index (χ0v) is 7.78. The van der Waals surface area contributed by atoms with E-state index in [1.807, 2.05) is 12.1 Å². The molecule has 1 atom stereocenters. The summed E-state index contributed by atoms with van der Waals surface area (Å²) in [5.41, 5.74) is 0.557. The van der Waals surface area contributed by atoms with Gasteiger partial charge in [-0.05, 0) is 0 Å². The van der Waals surface area contributed by atoms with Crippen LogP contribution in [-0.2, 0) is 0 Å². The summed E-state index contributed by atoms with van der Waals surface area (Å²) >= 11 is 1.48. The summed E-state index contributed by atoms with van der Waals surface area (Å²) in [5.74, 6) is 0. The van der Waals surface area contributed by atoms with Crippen LogP contribution in [0.3, 0.4) is 0 Å². The first-order valence-corrected chi connectivity index (χ1v) is 4.13. The van der Waals surface area contributed by atoms with Gasteiger partial charge in [-0.3, -0.25) is 0 Å². The summed E-state index contributed by atoms with van der Waals surface area (Å²) in [6.45, 7) is 0. The molecule has 2 nitrogen and oxygen atoms in total. The van der Waals surface area contributed by atoms with Gasteiger partial charge in [-0.25, -0.2) is 0 Å². The second-order valence-corrected chi connectivity index (χ2v) is 3.44. The van der Waals surface area contributed by atoms with Crippen molar-refractivity contribution in [1.82, 2.24) is 0 Å². The van der Waals surface area contributed by atoms with Gasteiger partial charge in [0, 0.05) is 0 Å². The first-order valence-electron chi connectivity index (χ1n) is 2.92. The van der Waals surface area contributed by atoms with E-state index in [0.29, 0.717) is 5.46 Å². The Morgan fingerprint density at radius 3 is 2.40 bits per heavy atom. The van der Waals surface area contributed by atoms with Gasteiger partial charge in [-0.15, -0.1) is 0 Å². The Balaban J connectivity index is 2.96. The molecule has 0 saturated heterocycles. The van der Waals surface area contributed by atoms with E-state index >= 15 is 0 Å². The Morgan fingerprint density at radius 1 is 1.30 bits per heavy atom. The van der Waals surface area contributed by atoms with Gasteiger partial charge in [0.05, 0.1) is 0 Å². The minimum absolute atomic E-state index is 0.557. The van der Waals surface area contributed by atoms with Crippen molar-refractivity contribution < 1.29 is 10.0 Å². The summed E-state index contributed by atoms with van der Waals surface area (Å²) < 4.78 is 1.10. The normalized spacial score (nSPS) is 9.50. The molecule has 0 bridgehead atoms. The molecule has 0 saturated carbocycles. The van der Waals surface area contributed by atoms with Crippen molar-refractivity contribution in [3.8, 4) is 0 Å². The van der Waals surface area contributed by atoms with E-state index in [1.165, 1.54) is 16.9 Å². The van der Waals surface area contributed by atoms with E-state index < -0.39 is 7.12 Å². The van der Waals surface area contributed by atoms with Crippen LogP contribution < -0.4 is 9.81 Å². The van der Waals surface area contributed by atoms with Crippen LogP contribution in [-0.4, -0.2) is 34.0 Å². The molecule has 0 radical (unpaired) electrons. The van der Waals surface area contributed by atoms with Crippen molar-refractivity contribution in [2.75, 3.05) is 0 Å². The van der Waals surface area contributed by atoms with E-state index in [0.717, 1.165) is 4.35 Å². The van der Waals surface area contributed by atoms with E-state index in [-0.39, 0.29) is 0 Å². The predicted molar refractivity (Wildman–Crippen MR) is 44.4 cm³/mol.